The highest BCUT2D eigenvalue weighted by molar-refractivity contribution is 5.96. The van der Waals surface area contributed by atoms with Gasteiger partial charge in [-0.15, -0.1) is 0 Å². The Balaban J connectivity index is 1.50. The predicted molar refractivity (Wildman–Crippen MR) is 96.3 cm³/mol. The van der Waals surface area contributed by atoms with Gasteiger partial charge in [0.25, 0.3) is 0 Å². The van der Waals surface area contributed by atoms with Crippen LogP contribution < -0.4 is 14.8 Å². The second-order valence-electron chi connectivity index (χ2n) is 7.44. The van der Waals surface area contributed by atoms with Gasteiger partial charge in [0.05, 0.1) is 31.5 Å². The SMILES string of the molecule is COc1cc(NC2CC[C@@H]3[C@H]4OCC[C@H]4[C@H]23)c2nccc(OC)c2c1. The van der Waals surface area contributed by atoms with Crippen LogP contribution >= 0.6 is 0 Å². The number of hydrogen-bond donors (Lipinski definition) is 1. The summed E-state index contributed by atoms with van der Waals surface area (Å²) in [7, 11) is 3.39. The van der Waals surface area contributed by atoms with Gasteiger partial charge in [0.1, 0.15) is 11.5 Å². The highest BCUT2D eigenvalue weighted by atomic mass is 16.5. The van der Waals surface area contributed by atoms with Crippen LogP contribution in [0.1, 0.15) is 19.3 Å². The first-order valence-corrected chi connectivity index (χ1v) is 9.19. The summed E-state index contributed by atoms with van der Waals surface area (Å²) in [6.45, 7) is 0.940. The number of ether oxygens (including phenoxy) is 3. The Morgan fingerprint density at radius 1 is 1.12 bits per heavy atom. The Morgan fingerprint density at radius 2 is 2.00 bits per heavy atom. The minimum Gasteiger partial charge on any atom is -0.497 e. The average molecular weight is 340 g/mol. The maximum absolute atomic E-state index is 5.92. The van der Waals surface area contributed by atoms with Gasteiger partial charge >= 0.3 is 0 Å². The lowest BCUT2D eigenvalue weighted by molar-refractivity contribution is -0.0649. The molecular weight excluding hydrogens is 316 g/mol. The molecule has 5 rings (SSSR count). The van der Waals surface area contributed by atoms with Gasteiger partial charge in [0.15, 0.2) is 0 Å². The van der Waals surface area contributed by atoms with Crippen molar-refractivity contribution < 1.29 is 14.2 Å². The van der Waals surface area contributed by atoms with Gasteiger partial charge < -0.3 is 19.5 Å². The Bertz CT molecular complexity index is 803. The quantitative estimate of drug-likeness (QED) is 0.923. The maximum Gasteiger partial charge on any atom is 0.130 e. The van der Waals surface area contributed by atoms with E-state index in [4.69, 9.17) is 14.2 Å². The number of hydrogen-bond acceptors (Lipinski definition) is 5. The summed E-state index contributed by atoms with van der Waals surface area (Å²) in [6, 6.07) is 6.44. The molecule has 3 fully saturated rings. The van der Waals surface area contributed by atoms with E-state index in [2.05, 4.69) is 16.4 Å². The van der Waals surface area contributed by atoms with E-state index in [1.807, 2.05) is 12.1 Å². The van der Waals surface area contributed by atoms with Crippen LogP contribution in [-0.2, 0) is 4.74 Å². The molecule has 2 aromatic rings. The third-order valence-corrected chi connectivity index (χ3v) is 6.44. The van der Waals surface area contributed by atoms with Crippen molar-refractivity contribution in [1.29, 1.82) is 0 Å². The molecule has 25 heavy (non-hydrogen) atoms. The van der Waals surface area contributed by atoms with Crippen LogP contribution in [0.25, 0.3) is 10.9 Å². The van der Waals surface area contributed by atoms with Crippen molar-refractivity contribution in [3.05, 3.63) is 24.4 Å². The van der Waals surface area contributed by atoms with Crippen LogP contribution in [0, 0.1) is 17.8 Å². The largest absolute Gasteiger partial charge is 0.497 e. The normalized spacial score (nSPS) is 32.8. The van der Waals surface area contributed by atoms with Gasteiger partial charge in [0.2, 0.25) is 0 Å². The zero-order valence-electron chi connectivity index (χ0n) is 14.7. The number of benzene rings is 1. The molecule has 5 heteroatoms. The van der Waals surface area contributed by atoms with Gasteiger partial charge in [-0.1, -0.05) is 0 Å². The Morgan fingerprint density at radius 3 is 2.84 bits per heavy atom. The fourth-order valence-corrected chi connectivity index (χ4v) is 5.37. The number of fused-ring (bicyclic) bond motifs is 5. The number of pyridine rings is 1. The molecule has 5 atom stereocenters. The Kier molecular flexibility index (Phi) is 3.52. The van der Waals surface area contributed by atoms with Gasteiger partial charge in [-0.05, 0) is 49.1 Å². The van der Waals surface area contributed by atoms with Crippen LogP contribution in [-0.4, -0.2) is 38.0 Å². The highest BCUT2D eigenvalue weighted by Gasteiger charge is 2.59. The molecule has 0 spiro atoms. The number of aromatic nitrogens is 1. The number of methoxy groups -OCH3 is 2. The van der Waals surface area contributed by atoms with Crippen LogP contribution in [0.4, 0.5) is 5.69 Å². The Labute approximate surface area is 147 Å². The van der Waals surface area contributed by atoms with Gasteiger partial charge in [0, 0.05) is 30.3 Å². The van der Waals surface area contributed by atoms with E-state index >= 15 is 0 Å². The summed E-state index contributed by atoms with van der Waals surface area (Å²) >= 11 is 0. The first-order chi connectivity index (χ1) is 12.3. The van der Waals surface area contributed by atoms with Crippen LogP contribution in [0.3, 0.4) is 0 Å². The van der Waals surface area contributed by atoms with Gasteiger partial charge in [-0.2, -0.15) is 0 Å². The minimum atomic E-state index is 0.497. The van der Waals surface area contributed by atoms with Crippen LogP contribution in [0.5, 0.6) is 11.5 Å². The second kappa shape index (κ2) is 5.77. The first-order valence-electron chi connectivity index (χ1n) is 9.19. The van der Waals surface area contributed by atoms with Gasteiger partial charge in [-0.25, -0.2) is 0 Å². The van der Waals surface area contributed by atoms with E-state index in [1.165, 1.54) is 19.3 Å². The lowest BCUT2D eigenvalue weighted by atomic mass is 9.63. The van der Waals surface area contributed by atoms with Crippen molar-refractivity contribution in [3.8, 4) is 11.5 Å². The van der Waals surface area contributed by atoms with Crippen molar-refractivity contribution in [2.24, 2.45) is 17.8 Å². The molecule has 1 aromatic heterocycles. The third kappa shape index (κ3) is 2.21. The number of nitrogens with zero attached hydrogens (tertiary/aromatic N) is 1. The summed E-state index contributed by atoms with van der Waals surface area (Å²) in [5, 5.41) is 4.78. The van der Waals surface area contributed by atoms with E-state index in [-0.39, 0.29) is 0 Å². The molecule has 132 valence electrons. The molecule has 5 nitrogen and oxygen atoms in total. The summed E-state index contributed by atoms with van der Waals surface area (Å²) < 4.78 is 17.0. The monoisotopic (exact) mass is 340 g/mol. The smallest absolute Gasteiger partial charge is 0.130 e. The zero-order chi connectivity index (χ0) is 17.0. The van der Waals surface area contributed by atoms with Crippen molar-refractivity contribution in [2.45, 2.75) is 31.4 Å². The highest BCUT2D eigenvalue weighted by Crippen LogP contribution is 2.57. The molecule has 0 amide bonds. The zero-order valence-corrected chi connectivity index (χ0v) is 14.7. The summed E-state index contributed by atoms with van der Waals surface area (Å²) in [5.41, 5.74) is 1.99. The lowest BCUT2D eigenvalue weighted by Crippen LogP contribution is -2.51. The molecule has 1 saturated heterocycles. The van der Waals surface area contributed by atoms with E-state index in [0.717, 1.165) is 52.4 Å². The topological polar surface area (TPSA) is 52.6 Å². The van der Waals surface area contributed by atoms with E-state index < -0.39 is 0 Å². The molecule has 2 heterocycles. The van der Waals surface area contributed by atoms with Crippen molar-refractivity contribution >= 4 is 16.6 Å². The Hall–Kier alpha value is -2.01. The number of rotatable bonds is 4. The molecule has 1 aliphatic heterocycles. The van der Waals surface area contributed by atoms with Crippen molar-refractivity contribution in [1.82, 2.24) is 4.98 Å². The van der Waals surface area contributed by atoms with E-state index in [0.29, 0.717) is 12.1 Å². The molecule has 0 bridgehead atoms. The van der Waals surface area contributed by atoms with E-state index in [9.17, 15) is 0 Å². The standard InChI is InChI=1S/C20H24N2O3/c1-23-11-9-14-17(24-2)5-7-21-19(14)16(10-11)22-15-4-3-12-18(15)13-6-8-25-20(12)13/h5,7,9-10,12-13,15,18,20,22H,3-4,6,8H2,1-2H3/t12-,13-,15?,18+,20+/m0/s1. The summed E-state index contributed by atoms with van der Waals surface area (Å²) in [6.07, 6.45) is 6.02. The molecular formula is C20H24N2O3. The van der Waals surface area contributed by atoms with Crippen LogP contribution in [0.15, 0.2) is 24.4 Å². The molecule has 1 unspecified atom stereocenters. The van der Waals surface area contributed by atoms with Crippen LogP contribution in [0.2, 0.25) is 0 Å². The molecule has 1 N–H and O–H groups in total. The van der Waals surface area contributed by atoms with Crippen molar-refractivity contribution in [3.63, 3.8) is 0 Å². The van der Waals surface area contributed by atoms with E-state index in [1.54, 1.807) is 20.4 Å². The summed E-state index contributed by atoms with van der Waals surface area (Å²) in [4.78, 5) is 4.61. The molecule has 2 saturated carbocycles. The fraction of sp³-hybridized carbons (Fsp3) is 0.550. The third-order valence-electron chi connectivity index (χ3n) is 6.44. The average Bonchev–Trinajstić information content (AvgIpc) is 3.19. The first kappa shape index (κ1) is 15.3. The van der Waals surface area contributed by atoms with Crippen molar-refractivity contribution in [2.75, 3.05) is 26.1 Å². The maximum atomic E-state index is 5.92. The lowest BCUT2D eigenvalue weighted by Gasteiger charge is -2.46. The molecule has 2 aliphatic carbocycles. The second-order valence-corrected chi connectivity index (χ2v) is 7.44. The minimum absolute atomic E-state index is 0.497. The molecule has 0 radical (unpaired) electrons. The number of nitrogens with one attached hydrogen (secondary N) is 1. The molecule has 3 aliphatic rings. The summed E-state index contributed by atoms with van der Waals surface area (Å²) in [5.74, 6) is 3.86. The fourth-order valence-electron chi connectivity index (χ4n) is 5.37. The molecule has 1 aromatic carbocycles. The number of anilines is 1. The predicted octanol–water partition coefficient (Wildman–Crippen LogP) is 3.48. The van der Waals surface area contributed by atoms with Gasteiger partial charge in [-0.3, -0.25) is 4.98 Å².